The van der Waals surface area contributed by atoms with E-state index in [2.05, 4.69) is 21.8 Å². The van der Waals surface area contributed by atoms with Crippen molar-refractivity contribution >= 4 is 10.9 Å². The zero-order valence-electron chi connectivity index (χ0n) is 13.0. The lowest BCUT2D eigenvalue weighted by Crippen LogP contribution is -2.36. The summed E-state index contributed by atoms with van der Waals surface area (Å²) in [6.45, 7) is 5.45. The van der Waals surface area contributed by atoms with Crippen molar-refractivity contribution in [2.45, 2.75) is 38.8 Å². The van der Waals surface area contributed by atoms with Gasteiger partial charge in [-0.3, -0.25) is 9.69 Å². The minimum atomic E-state index is -0.0643. The Labute approximate surface area is 130 Å². The van der Waals surface area contributed by atoms with Crippen molar-refractivity contribution < 1.29 is 4.74 Å². The van der Waals surface area contributed by atoms with Gasteiger partial charge in [0, 0.05) is 13.2 Å². The summed E-state index contributed by atoms with van der Waals surface area (Å²) in [5, 5.41) is 0.643. The number of aromatic nitrogens is 2. The standard InChI is InChI=1S/C17H23N3O2/c1-2-20(11-13-7-5-6-10-22-13)12-16-18-15-9-4-3-8-14(15)17(21)19-16/h3-4,8-9,13H,2,5-7,10-12H2,1H3,(H,18,19,21)/t13-/m0/s1. The van der Waals surface area contributed by atoms with E-state index in [-0.39, 0.29) is 5.56 Å². The molecular weight excluding hydrogens is 278 g/mol. The molecule has 0 bridgehead atoms. The van der Waals surface area contributed by atoms with Crippen molar-refractivity contribution in [2.75, 3.05) is 19.7 Å². The average molecular weight is 301 g/mol. The van der Waals surface area contributed by atoms with E-state index in [1.807, 2.05) is 18.2 Å². The van der Waals surface area contributed by atoms with Gasteiger partial charge in [-0.25, -0.2) is 4.98 Å². The first kappa shape index (κ1) is 15.2. The second-order valence-electron chi connectivity index (χ2n) is 5.85. The maximum absolute atomic E-state index is 12.1. The number of benzene rings is 1. The number of ether oxygens (including phenoxy) is 1. The number of fused-ring (bicyclic) bond motifs is 1. The Balaban J connectivity index is 1.74. The molecule has 0 unspecified atom stereocenters. The van der Waals surface area contributed by atoms with Crippen LogP contribution in [0.5, 0.6) is 0 Å². The molecule has 1 aliphatic heterocycles. The predicted octanol–water partition coefficient (Wildman–Crippen LogP) is 2.31. The van der Waals surface area contributed by atoms with Crippen molar-refractivity contribution in [2.24, 2.45) is 0 Å². The summed E-state index contributed by atoms with van der Waals surface area (Å²) >= 11 is 0. The van der Waals surface area contributed by atoms with Gasteiger partial charge in [-0.15, -0.1) is 0 Å². The van der Waals surface area contributed by atoms with Crippen LogP contribution in [-0.2, 0) is 11.3 Å². The minimum absolute atomic E-state index is 0.0643. The van der Waals surface area contributed by atoms with E-state index in [0.717, 1.165) is 37.5 Å². The minimum Gasteiger partial charge on any atom is -0.377 e. The lowest BCUT2D eigenvalue weighted by atomic mass is 10.1. The fourth-order valence-corrected chi connectivity index (χ4v) is 2.97. The van der Waals surface area contributed by atoms with Gasteiger partial charge in [0.25, 0.3) is 5.56 Å². The normalized spacial score (nSPS) is 18.9. The van der Waals surface area contributed by atoms with Crippen molar-refractivity contribution in [3.63, 3.8) is 0 Å². The van der Waals surface area contributed by atoms with E-state index in [9.17, 15) is 4.79 Å². The lowest BCUT2D eigenvalue weighted by Gasteiger charge is -2.28. The molecule has 5 nitrogen and oxygen atoms in total. The maximum Gasteiger partial charge on any atom is 0.258 e. The summed E-state index contributed by atoms with van der Waals surface area (Å²) in [4.78, 5) is 21.9. The number of nitrogens with zero attached hydrogens (tertiary/aromatic N) is 2. The first-order chi connectivity index (χ1) is 10.8. The van der Waals surface area contributed by atoms with Gasteiger partial charge in [-0.1, -0.05) is 19.1 Å². The fourth-order valence-electron chi connectivity index (χ4n) is 2.97. The highest BCUT2D eigenvalue weighted by atomic mass is 16.5. The molecule has 22 heavy (non-hydrogen) atoms. The van der Waals surface area contributed by atoms with Gasteiger partial charge in [0.05, 0.1) is 23.6 Å². The maximum atomic E-state index is 12.1. The molecule has 3 rings (SSSR count). The quantitative estimate of drug-likeness (QED) is 0.921. The van der Waals surface area contributed by atoms with Crippen LogP contribution in [0.25, 0.3) is 10.9 Å². The Hall–Kier alpha value is -1.72. The summed E-state index contributed by atoms with van der Waals surface area (Å²) in [7, 11) is 0. The number of aromatic amines is 1. The summed E-state index contributed by atoms with van der Waals surface area (Å²) in [5.41, 5.74) is 0.691. The topological polar surface area (TPSA) is 58.2 Å². The molecule has 1 N–H and O–H groups in total. The van der Waals surface area contributed by atoms with Crippen molar-refractivity contribution in [3.05, 3.63) is 40.4 Å². The van der Waals surface area contributed by atoms with E-state index in [0.29, 0.717) is 18.0 Å². The third kappa shape index (κ3) is 3.54. The monoisotopic (exact) mass is 301 g/mol. The zero-order chi connectivity index (χ0) is 15.4. The van der Waals surface area contributed by atoms with E-state index in [1.165, 1.54) is 12.8 Å². The van der Waals surface area contributed by atoms with Crippen LogP contribution in [0.1, 0.15) is 32.0 Å². The number of likely N-dealkylation sites (N-methyl/N-ethyl adjacent to an activating group) is 1. The third-order valence-electron chi connectivity index (χ3n) is 4.22. The molecule has 2 heterocycles. The fraction of sp³-hybridized carbons (Fsp3) is 0.529. The Morgan fingerprint density at radius 1 is 1.36 bits per heavy atom. The number of hydrogen-bond donors (Lipinski definition) is 1. The van der Waals surface area contributed by atoms with Gasteiger partial charge >= 0.3 is 0 Å². The average Bonchev–Trinajstić information content (AvgIpc) is 2.55. The van der Waals surface area contributed by atoms with Crippen LogP contribution < -0.4 is 5.56 Å². The van der Waals surface area contributed by atoms with Crippen LogP contribution in [-0.4, -0.2) is 40.7 Å². The van der Waals surface area contributed by atoms with Gasteiger partial charge in [-0.2, -0.15) is 0 Å². The van der Waals surface area contributed by atoms with Crippen LogP contribution in [0, 0.1) is 0 Å². The van der Waals surface area contributed by atoms with Crippen LogP contribution in [0.2, 0.25) is 0 Å². The molecule has 2 aromatic rings. The Morgan fingerprint density at radius 2 is 2.23 bits per heavy atom. The SMILES string of the molecule is CCN(Cc1nc2ccccc2c(=O)[nH]1)C[C@@H]1CCCCO1. The molecule has 1 saturated heterocycles. The van der Waals surface area contributed by atoms with Gasteiger partial charge < -0.3 is 9.72 Å². The third-order valence-corrected chi connectivity index (χ3v) is 4.22. The van der Waals surface area contributed by atoms with Gasteiger partial charge in [-0.05, 0) is 37.9 Å². The summed E-state index contributed by atoms with van der Waals surface area (Å²) in [5.74, 6) is 0.723. The van der Waals surface area contributed by atoms with E-state index >= 15 is 0 Å². The molecular formula is C17H23N3O2. The molecule has 0 radical (unpaired) electrons. The Bertz CT molecular complexity index is 677. The number of nitrogens with one attached hydrogen (secondary N) is 1. The summed E-state index contributed by atoms with van der Waals surface area (Å²) in [6, 6.07) is 7.46. The van der Waals surface area contributed by atoms with Gasteiger partial charge in [0.2, 0.25) is 0 Å². The molecule has 118 valence electrons. The number of H-pyrrole nitrogens is 1. The van der Waals surface area contributed by atoms with E-state index in [1.54, 1.807) is 6.07 Å². The highest BCUT2D eigenvalue weighted by molar-refractivity contribution is 5.77. The number of hydrogen-bond acceptors (Lipinski definition) is 4. The first-order valence-electron chi connectivity index (χ1n) is 8.08. The molecule has 1 aromatic carbocycles. The van der Waals surface area contributed by atoms with E-state index in [4.69, 9.17) is 4.74 Å². The van der Waals surface area contributed by atoms with Crippen LogP contribution in [0.4, 0.5) is 0 Å². The van der Waals surface area contributed by atoms with Crippen LogP contribution >= 0.6 is 0 Å². The number of rotatable bonds is 5. The highest BCUT2D eigenvalue weighted by Gasteiger charge is 2.18. The van der Waals surface area contributed by atoms with Crippen molar-refractivity contribution in [1.82, 2.24) is 14.9 Å². The van der Waals surface area contributed by atoms with Crippen molar-refractivity contribution in [3.8, 4) is 0 Å². The van der Waals surface area contributed by atoms with Crippen LogP contribution in [0.15, 0.2) is 29.1 Å². The molecule has 1 aliphatic rings. The molecule has 0 aliphatic carbocycles. The molecule has 1 fully saturated rings. The smallest absolute Gasteiger partial charge is 0.258 e. The molecule has 0 amide bonds. The lowest BCUT2D eigenvalue weighted by molar-refractivity contribution is -0.00661. The second-order valence-corrected chi connectivity index (χ2v) is 5.85. The van der Waals surface area contributed by atoms with Crippen LogP contribution in [0.3, 0.4) is 0 Å². The van der Waals surface area contributed by atoms with Crippen molar-refractivity contribution in [1.29, 1.82) is 0 Å². The molecule has 1 aromatic heterocycles. The summed E-state index contributed by atoms with van der Waals surface area (Å²) in [6.07, 6.45) is 3.84. The largest absolute Gasteiger partial charge is 0.377 e. The zero-order valence-corrected chi connectivity index (χ0v) is 13.0. The van der Waals surface area contributed by atoms with E-state index < -0.39 is 0 Å². The number of para-hydroxylation sites is 1. The predicted molar refractivity (Wildman–Crippen MR) is 86.9 cm³/mol. The van der Waals surface area contributed by atoms with Gasteiger partial charge in [0.1, 0.15) is 5.82 Å². The Morgan fingerprint density at radius 3 is 3.00 bits per heavy atom. The van der Waals surface area contributed by atoms with Gasteiger partial charge in [0.15, 0.2) is 0 Å². The summed E-state index contributed by atoms with van der Waals surface area (Å²) < 4.78 is 5.81. The second kappa shape index (κ2) is 7.03. The Kier molecular flexibility index (Phi) is 4.85. The highest BCUT2D eigenvalue weighted by Crippen LogP contribution is 2.15. The molecule has 5 heteroatoms. The first-order valence-corrected chi connectivity index (χ1v) is 8.08. The molecule has 0 spiro atoms. The molecule has 0 saturated carbocycles. The molecule has 1 atom stereocenters.